The Morgan fingerprint density at radius 1 is 1.22 bits per heavy atom. The van der Waals surface area contributed by atoms with Gasteiger partial charge in [-0.05, 0) is 25.1 Å². The molecule has 3 aromatic rings. The van der Waals surface area contributed by atoms with Crippen molar-refractivity contribution in [3.63, 3.8) is 0 Å². The molecule has 0 fully saturated rings. The molecular weight excluding hydrogens is 291 g/mol. The molecule has 3 nitrogen and oxygen atoms in total. The minimum Gasteiger partial charge on any atom is -0.360 e. The molecule has 0 saturated heterocycles. The molecule has 1 aromatic heterocycles. The van der Waals surface area contributed by atoms with Crippen molar-refractivity contribution in [3.8, 4) is 0 Å². The number of fused-ring (bicyclic) bond motifs is 1. The number of aromatic amines is 1. The maximum atomic E-state index is 13.3. The van der Waals surface area contributed by atoms with Crippen LogP contribution in [0.25, 0.3) is 10.9 Å². The topological polar surface area (TPSA) is 37.3 Å². The maximum Gasteiger partial charge on any atom is 0.221 e. The minimum absolute atomic E-state index is 0.0938. The molecular formula is C19H20FN2O+. The van der Waals surface area contributed by atoms with Gasteiger partial charge in [-0.25, -0.2) is 4.39 Å². The van der Waals surface area contributed by atoms with Gasteiger partial charge in [0, 0.05) is 28.2 Å². The van der Waals surface area contributed by atoms with Gasteiger partial charge in [0.25, 0.3) is 0 Å². The lowest BCUT2D eigenvalue weighted by Crippen LogP contribution is -3.12. The molecule has 2 N–H and O–H groups in total. The Kier molecular flexibility index (Phi) is 4.26. The predicted octanol–water partition coefficient (Wildman–Crippen LogP) is 2.59. The van der Waals surface area contributed by atoms with Gasteiger partial charge >= 0.3 is 0 Å². The fourth-order valence-corrected chi connectivity index (χ4v) is 2.85. The van der Waals surface area contributed by atoms with E-state index in [0.717, 1.165) is 21.4 Å². The highest BCUT2D eigenvalue weighted by atomic mass is 19.1. The maximum absolute atomic E-state index is 13.3. The van der Waals surface area contributed by atoms with Crippen LogP contribution in [0.3, 0.4) is 0 Å². The molecule has 0 aliphatic heterocycles. The van der Waals surface area contributed by atoms with E-state index in [-0.39, 0.29) is 17.6 Å². The highest BCUT2D eigenvalue weighted by Gasteiger charge is 2.25. The van der Waals surface area contributed by atoms with Crippen molar-refractivity contribution in [2.45, 2.75) is 19.5 Å². The molecule has 0 radical (unpaired) electrons. The zero-order valence-corrected chi connectivity index (χ0v) is 13.3. The molecule has 4 heteroatoms. The molecule has 0 spiro atoms. The summed E-state index contributed by atoms with van der Waals surface area (Å²) in [6.45, 7) is 2.52. The molecule has 0 aliphatic rings. The van der Waals surface area contributed by atoms with Crippen LogP contribution in [-0.2, 0) is 6.54 Å². The number of aromatic nitrogens is 1. The second kappa shape index (κ2) is 6.34. The van der Waals surface area contributed by atoms with Crippen LogP contribution in [-0.4, -0.2) is 23.9 Å². The fourth-order valence-electron chi connectivity index (χ4n) is 2.85. The fraction of sp³-hybridized carbons (Fsp3) is 0.211. The summed E-state index contributed by atoms with van der Waals surface area (Å²) in [5, 5.41) is 0.947. The average molecular weight is 311 g/mol. The van der Waals surface area contributed by atoms with Crippen molar-refractivity contribution in [1.29, 1.82) is 0 Å². The lowest BCUT2D eigenvalue weighted by Gasteiger charge is -2.20. The lowest BCUT2D eigenvalue weighted by atomic mass is 10.0. The van der Waals surface area contributed by atoms with Crippen LogP contribution in [0, 0.1) is 5.82 Å². The van der Waals surface area contributed by atoms with Gasteiger partial charge in [-0.1, -0.05) is 30.3 Å². The number of quaternary nitrogens is 1. The molecule has 2 atom stereocenters. The van der Waals surface area contributed by atoms with E-state index in [9.17, 15) is 9.18 Å². The van der Waals surface area contributed by atoms with Crippen LogP contribution in [0.5, 0.6) is 0 Å². The number of halogens is 1. The number of rotatable bonds is 5. The summed E-state index contributed by atoms with van der Waals surface area (Å²) < 4.78 is 13.3. The van der Waals surface area contributed by atoms with Crippen LogP contribution in [0.4, 0.5) is 4.39 Å². The number of hydrogen-bond acceptors (Lipinski definition) is 1. The van der Waals surface area contributed by atoms with E-state index in [1.807, 2.05) is 44.3 Å². The first-order valence-corrected chi connectivity index (χ1v) is 7.73. The largest absolute Gasteiger partial charge is 0.360 e. The molecule has 1 unspecified atom stereocenters. The lowest BCUT2D eigenvalue weighted by molar-refractivity contribution is -0.907. The molecule has 0 bridgehead atoms. The number of carbonyl (C=O) groups is 1. The summed E-state index contributed by atoms with van der Waals surface area (Å²) in [4.78, 5) is 17.0. The van der Waals surface area contributed by atoms with Gasteiger partial charge in [0.05, 0.1) is 7.05 Å². The third-order valence-electron chi connectivity index (χ3n) is 4.36. The first kappa shape index (κ1) is 15.4. The van der Waals surface area contributed by atoms with Crippen LogP contribution in [0.2, 0.25) is 0 Å². The number of Topliss-reactive ketones (excluding diaryl/α,β-unsaturated/α-hetero) is 1. The Balaban J connectivity index is 1.79. The molecule has 0 saturated carbocycles. The molecule has 3 rings (SSSR count). The second-order valence-corrected chi connectivity index (χ2v) is 5.99. The van der Waals surface area contributed by atoms with E-state index in [0.29, 0.717) is 12.1 Å². The quantitative estimate of drug-likeness (QED) is 0.698. The minimum atomic E-state index is -0.245. The van der Waals surface area contributed by atoms with E-state index in [4.69, 9.17) is 0 Å². The van der Waals surface area contributed by atoms with Crippen molar-refractivity contribution in [2.24, 2.45) is 0 Å². The van der Waals surface area contributed by atoms with Crippen LogP contribution in [0.1, 0.15) is 22.8 Å². The van der Waals surface area contributed by atoms with E-state index in [1.165, 1.54) is 12.1 Å². The Hall–Kier alpha value is -2.46. The zero-order chi connectivity index (χ0) is 16.4. The Labute approximate surface area is 134 Å². The second-order valence-electron chi connectivity index (χ2n) is 5.99. The Morgan fingerprint density at radius 3 is 2.78 bits per heavy atom. The smallest absolute Gasteiger partial charge is 0.221 e. The molecule has 2 aromatic carbocycles. The highest BCUT2D eigenvalue weighted by Crippen LogP contribution is 2.18. The number of hydrogen-bond donors (Lipinski definition) is 2. The van der Waals surface area contributed by atoms with E-state index >= 15 is 0 Å². The Bertz CT molecular complexity index is 840. The van der Waals surface area contributed by atoms with Gasteiger partial charge in [-0.15, -0.1) is 0 Å². The first-order chi connectivity index (χ1) is 11.1. The number of carbonyl (C=O) groups excluding carboxylic acids is 1. The molecule has 118 valence electrons. The van der Waals surface area contributed by atoms with E-state index < -0.39 is 0 Å². The van der Waals surface area contributed by atoms with Gasteiger partial charge < -0.3 is 9.88 Å². The van der Waals surface area contributed by atoms with Crippen molar-refractivity contribution in [1.82, 2.24) is 4.98 Å². The van der Waals surface area contributed by atoms with Gasteiger partial charge in [0.1, 0.15) is 18.4 Å². The number of likely N-dealkylation sites (N-methyl/N-ethyl adjacent to an activating group) is 1. The average Bonchev–Trinajstić information content (AvgIpc) is 2.97. The van der Waals surface area contributed by atoms with Crippen LogP contribution >= 0.6 is 0 Å². The SMILES string of the molecule is C[C@@H](C(=O)c1c[nH]c2ccccc12)[NH+](C)Cc1cccc(F)c1. The first-order valence-electron chi connectivity index (χ1n) is 7.73. The Morgan fingerprint density at radius 2 is 2.00 bits per heavy atom. The van der Waals surface area contributed by atoms with Gasteiger partial charge in [0.2, 0.25) is 5.78 Å². The summed E-state index contributed by atoms with van der Waals surface area (Å²) in [7, 11) is 1.96. The van der Waals surface area contributed by atoms with Crippen molar-refractivity contribution < 1.29 is 14.1 Å². The summed E-state index contributed by atoms with van der Waals surface area (Å²) in [6, 6.07) is 14.1. The third kappa shape index (κ3) is 3.17. The third-order valence-corrected chi connectivity index (χ3v) is 4.36. The van der Waals surface area contributed by atoms with E-state index in [2.05, 4.69) is 4.98 Å². The highest BCUT2D eigenvalue weighted by molar-refractivity contribution is 6.09. The van der Waals surface area contributed by atoms with Gasteiger partial charge in [-0.2, -0.15) is 0 Å². The number of nitrogens with one attached hydrogen (secondary N) is 2. The van der Waals surface area contributed by atoms with Crippen LogP contribution in [0.15, 0.2) is 54.7 Å². The molecule has 23 heavy (non-hydrogen) atoms. The summed E-state index contributed by atoms with van der Waals surface area (Å²) in [5.74, 6) is -0.151. The van der Waals surface area contributed by atoms with Crippen molar-refractivity contribution in [2.75, 3.05) is 7.05 Å². The predicted molar refractivity (Wildman–Crippen MR) is 89.1 cm³/mol. The number of para-hydroxylation sites is 1. The zero-order valence-electron chi connectivity index (χ0n) is 13.3. The van der Waals surface area contributed by atoms with Gasteiger partial charge in [-0.3, -0.25) is 4.79 Å². The monoisotopic (exact) mass is 311 g/mol. The van der Waals surface area contributed by atoms with Crippen molar-refractivity contribution in [3.05, 3.63) is 71.7 Å². The summed E-state index contributed by atoms with van der Waals surface area (Å²) >= 11 is 0. The standard InChI is InChI=1S/C19H19FN2O/c1-13(22(2)12-14-6-5-7-15(20)10-14)19(23)17-11-21-18-9-4-3-8-16(17)18/h3-11,13,21H,12H2,1-2H3/p+1/t13-/m0/s1. The number of benzene rings is 2. The molecule has 1 heterocycles. The number of ketones is 1. The van der Waals surface area contributed by atoms with Crippen molar-refractivity contribution >= 4 is 16.7 Å². The molecule has 0 aliphatic carbocycles. The van der Waals surface area contributed by atoms with E-state index in [1.54, 1.807) is 12.3 Å². The normalized spacial score (nSPS) is 13.9. The van der Waals surface area contributed by atoms with Crippen LogP contribution < -0.4 is 4.90 Å². The summed E-state index contributed by atoms with van der Waals surface area (Å²) in [6.07, 6.45) is 1.78. The number of H-pyrrole nitrogens is 1. The van der Waals surface area contributed by atoms with Gasteiger partial charge in [0.15, 0.2) is 0 Å². The summed E-state index contributed by atoms with van der Waals surface area (Å²) in [5.41, 5.74) is 2.57. The molecule has 0 amide bonds.